The van der Waals surface area contributed by atoms with Crippen LogP contribution in [0.25, 0.3) is 11.3 Å². The molecule has 128 valence electrons. The Morgan fingerprint density at radius 2 is 2.17 bits per heavy atom. The van der Waals surface area contributed by atoms with E-state index in [9.17, 15) is 4.79 Å². The average molecular weight is 325 g/mol. The molecular weight excluding hydrogens is 298 g/mol. The second-order valence-electron chi connectivity index (χ2n) is 6.82. The first-order chi connectivity index (χ1) is 11.6. The summed E-state index contributed by atoms with van der Waals surface area (Å²) in [6, 6.07) is 12.2. The predicted octanol–water partition coefficient (Wildman–Crippen LogP) is 4.96. The predicted molar refractivity (Wildman–Crippen MR) is 100 cm³/mol. The minimum absolute atomic E-state index is 0. The summed E-state index contributed by atoms with van der Waals surface area (Å²) in [5.41, 5.74) is 3.94. The fourth-order valence-corrected chi connectivity index (χ4v) is 3.43. The highest BCUT2D eigenvalue weighted by Gasteiger charge is 2.30. The van der Waals surface area contributed by atoms with E-state index in [4.69, 9.17) is 0 Å². The fraction of sp³-hybridized carbons (Fsp3) is 0.400. The molecule has 4 heteroatoms. The SMILES string of the molecule is Cc1ccc(NC(=O)N2CCCC2C(C)C)cc1-c1ccccn1.[HH]. The van der Waals surface area contributed by atoms with Crippen molar-refractivity contribution in [2.24, 2.45) is 5.92 Å². The van der Waals surface area contributed by atoms with E-state index in [0.29, 0.717) is 12.0 Å². The third kappa shape index (κ3) is 3.42. The number of rotatable bonds is 3. The molecule has 3 rings (SSSR count). The smallest absolute Gasteiger partial charge is 0.321 e. The van der Waals surface area contributed by atoms with Gasteiger partial charge in [0.15, 0.2) is 0 Å². The Kier molecular flexibility index (Phi) is 4.84. The topological polar surface area (TPSA) is 45.2 Å². The number of urea groups is 1. The molecule has 0 radical (unpaired) electrons. The molecule has 2 amide bonds. The first kappa shape index (κ1) is 16.5. The van der Waals surface area contributed by atoms with Gasteiger partial charge in [-0.15, -0.1) is 0 Å². The van der Waals surface area contributed by atoms with E-state index in [-0.39, 0.29) is 7.46 Å². The van der Waals surface area contributed by atoms with Crippen LogP contribution in [0.15, 0.2) is 42.6 Å². The van der Waals surface area contributed by atoms with Gasteiger partial charge in [0, 0.05) is 31.5 Å². The van der Waals surface area contributed by atoms with E-state index in [1.807, 2.05) is 41.3 Å². The third-order valence-corrected chi connectivity index (χ3v) is 4.76. The zero-order valence-electron chi connectivity index (χ0n) is 14.6. The van der Waals surface area contributed by atoms with Gasteiger partial charge in [-0.05, 0) is 55.5 Å². The summed E-state index contributed by atoms with van der Waals surface area (Å²) in [4.78, 5) is 19.1. The van der Waals surface area contributed by atoms with Crippen LogP contribution in [0.3, 0.4) is 0 Å². The van der Waals surface area contributed by atoms with Crippen LogP contribution in [0.5, 0.6) is 0 Å². The summed E-state index contributed by atoms with van der Waals surface area (Å²) >= 11 is 0. The zero-order chi connectivity index (χ0) is 17.1. The molecule has 24 heavy (non-hydrogen) atoms. The lowest BCUT2D eigenvalue weighted by molar-refractivity contribution is 0.192. The molecule has 1 atom stereocenters. The average Bonchev–Trinajstić information content (AvgIpc) is 3.07. The molecule has 1 unspecified atom stereocenters. The Balaban J connectivity index is 0.00000225. The molecule has 0 saturated carbocycles. The number of amides is 2. The van der Waals surface area contributed by atoms with Crippen molar-refractivity contribution in [3.05, 3.63) is 48.2 Å². The molecule has 1 aromatic heterocycles. The van der Waals surface area contributed by atoms with Crippen LogP contribution in [0.4, 0.5) is 10.5 Å². The number of nitrogens with one attached hydrogen (secondary N) is 1. The maximum absolute atomic E-state index is 12.7. The quantitative estimate of drug-likeness (QED) is 0.867. The summed E-state index contributed by atoms with van der Waals surface area (Å²) in [5, 5.41) is 3.07. The van der Waals surface area contributed by atoms with Gasteiger partial charge in [-0.2, -0.15) is 0 Å². The van der Waals surface area contributed by atoms with E-state index < -0.39 is 0 Å². The second-order valence-corrected chi connectivity index (χ2v) is 6.82. The van der Waals surface area contributed by atoms with Crippen LogP contribution in [-0.2, 0) is 0 Å². The summed E-state index contributed by atoms with van der Waals surface area (Å²) in [5.74, 6) is 0.486. The normalized spacial score (nSPS) is 17.3. The molecule has 0 aliphatic carbocycles. The van der Waals surface area contributed by atoms with Crippen LogP contribution in [-0.4, -0.2) is 28.5 Å². The van der Waals surface area contributed by atoms with Gasteiger partial charge >= 0.3 is 6.03 Å². The minimum Gasteiger partial charge on any atom is -0.321 e. The van der Waals surface area contributed by atoms with Gasteiger partial charge < -0.3 is 10.2 Å². The van der Waals surface area contributed by atoms with Gasteiger partial charge in [0.25, 0.3) is 0 Å². The highest BCUT2D eigenvalue weighted by atomic mass is 16.2. The van der Waals surface area contributed by atoms with Crippen LogP contribution < -0.4 is 5.32 Å². The molecule has 1 aliphatic heterocycles. The van der Waals surface area contributed by atoms with E-state index in [1.54, 1.807) is 6.20 Å². The van der Waals surface area contributed by atoms with E-state index in [1.165, 1.54) is 0 Å². The van der Waals surface area contributed by atoms with E-state index >= 15 is 0 Å². The largest absolute Gasteiger partial charge is 0.322 e. The van der Waals surface area contributed by atoms with Crippen LogP contribution in [0.1, 0.15) is 33.7 Å². The molecule has 4 nitrogen and oxygen atoms in total. The van der Waals surface area contributed by atoms with Crippen molar-refractivity contribution in [3.63, 3.8) is 0 Å². The summed E-state index contributed by atoms with van der Waals surface area (Å²) in [6.07, 6.45) is 3.97. The van der Waals surface area contributed by atoms with Crippen LogP contribution >= 0.6 is 0 Å². The number of likely N-dealkylation sites (tertiary alicyclic amines) is 1. The molecule has 0 bridgehead atoms. The van der Waals surface area contributed by atoms with Crippen molar-refractivity contribution in [2.75, 3.05) is 11.9 Å². The van der Waals surface area contributed by atoms with Crippen LogP contribution in [0.2, 0.25) is 0 Å². The zero-order valence-corrected chi connectivity index (χ0v) is 14.6. The molecule has 0 spiro atoms. The number of carbonyl (C=O) groups is 1. The monoisotopic (exact) mass is 325 g/mol. The number of carbonyl (C=O) groups excluding carboxylic acids is 1. The molecule has 1 fully saturated rings. The highest BCUT2D eigenvalue weighted by molar-refractivity contribution is 5.90. The number of pyridine rings is 1. The van der Waals surface area contributed by atoms with Crippen molar-refractivity contribution >= 4 is 11.7 Å². The van der Waals surface area contributed by atoms with E-state index in [2.05, 4.69) is 31.1 Å². The molecular formula is C20H27N3O. The van der Waals surface area contributed by atoms with Gasteiger partial charge in [0.2, 0.25) is 0 Å². The van der Waals surface area contributed by atoms with Gasteiger partial charge in [0.05, 0.1) is 5.69 Å². The van der Waals surface area contributed by atoms with Crippen molar-refractivity contribution < 1.29 is 6.22 Å². The summed E-state index contributed by atoms with van der Waals surface area (Å²) in [7, 11) is 0. The molecule has 2 heterocycles. The minimum atomic E-state index is 0. The Labute approximate surface area is 145 Å². The Morgan fingerprint density at radius 3 is 2.88 bits per heavy atom. The lowest BCUT2D eigenvalue weighted by Crippen LogP contribution is -2.41. The molecule has 2 aromatic rings. The first-order valence-corrected chi connectivity index (χ1v) is 8.66. The van der Waals surface area contributed by atoms with Gasteiger partial charge in [-0.3, -0.25) is 4.98 Å². The van der Waals surface area contributed by atoms with Crippen LogP contribution in [0, 0.1) is 12.8 Å². The number of hydrogen-bond acceptors (Lipinski definition) is 2. The maximum Gasteiger partial charge on any atom is 0.322 e. The van der Waals surface area contributed by atoms with Crippen molar-refractivity contribution in [1.82, 2.24) is 9.88 Å². The Morgan fingerprint density at radius 1 is 1.33 bits per heavy atom. The van der Waals surface area contributed by atoms with Crippen molar-refractivity contribution in [1.29, 1.82) is 0 Å². The van der Waals surface area contributed by atoms with Crippen molar-refractivity contribution in [3.8, 4) is 11.3 Å². The summed E-state index contributed by atoms with van der Waals surface area (Å²) in [6.45, 7) is 7.27. The van der Waals surface area contributed by atoms with Gasteiger partial charge in [-0.1, -0.05) is 26.0 Å². The molecule has 1 aliphatic rings. The van der Waals surface area contributed by atoms with Crippen molar-refractivity contribution in [2.45, 2.75) is 39.7 Å². The lowest BCUT2D eigenvalue weighted by Gasteiger charge is -2.28. The number of nitrogens with zero attached hydrogens (tertiary/aromatic N) is 2. The first-order valence-electron chi connectivity index (χ1n) is 8.66. The third-order valence-electron chi connectivity index (χ3n) is 4.76. The Hall–Kier alpha value is -2.36. The number of aryl methyl sites for hydroxylation is 1. The number of anilines is 1. The molecule has 1 aromatic carbocycles. The van der Waals surface area contributed by atoms with Gasteiger partial charge in [-0.25, -0.2) is 4.79 Å². The molecule has 1 saturated heterocycles. The van der Waals surface area contributed by atoms with E-state index in [0.717, 1.165) is 41.9 Å². The lowest BCUT2D eigenvalue weighted by atomic mass is 10.0. The van der Waals surface area contributed by atoms with Gasteiger partial charge in [0.1, 0.15) is 0 Å². The highest BCUT2D eigenvalue weighted by Crippen LogP contribution is 2.27. The molecule has 1 N–H and O–H groups in total. The maximum atomic E-state index is 12.7. The summed E-state index contributed by atoms with van der Waals surface area (Å²) < 4.78 is 0. The number of benzene rings is 1. The Bertz CT molecular complexity index is 718. The standard InChI is InChI=1S/C20H25N3O.H2/c1-14(2)19-8-6-12-23(19)20(24)22-16-10-9-15(3)17(13-16)18-7-4-5-11-21-18;/h4-5,7,9-11,13-14,19H,6,8,12H2,1-3H3,(H,22,24);1H. The fourth-order valence-electron chi connectivity index (χ4n) is 3.43. The number of hydrogen-bond donors (Lipinski definition) is 1. The second kappa shape index (κ2) is 7.04. The number of aromatic nitrogens is 1.